The van der Waals surface area contributed by atoms with Gasteiger partial charge in [-0.15, -0.1) is 0 Å². The summed E-state index contributed by atoms with van der Waals surface area (Å²) in [6, 6.07) is 9.56. The van der Waals surface area contributed by atoms with E-state index in [1.54, 1.807) is 0 Å². The zero-order valence-corrected chi connectivity index (χ0v) is 12.3. The molecule has 0 spiro atoms. The van der Waals surface area contributed by atoms with Gasteiger partial charge in [0.15, 0.2) is 9.84 Å². The van der Waals surface area contributed by atoms with E-state index in [9.17, 15) is 13.5 Å². The molecule has 2 atom stereocenters. The molecule has 0 aromatic heterocycles. The number of hydrogen-bond acceptors (Lipinski definition) is 3. The molecule has 0 amide bonds. The molecule has 3 nitrogen and oxygen atoms in total. The molecule has 2 bridgehead atoms. The first-order valence-corrected chi connectivity index (χ1v) is 8.74. The third-order valence-corrected chi connectivity index (χ3v) is 7.46. The van der Waals surface area contributed by atoms with Crippen LogP contribution in [0.1, 0.15) is 37.7 Å². The van der Waals surface area contributed by atoms with Crippen LogP contribution < -0.4 is 0 Å². The van der Waals surface area contributed by atoms with Crippen molar-refractivity contribution >= 4 is 15.4 Å². The van der Waals surface area contributed by atoms with Crippen molar-refractivity contribution in [3.05, 3.63) is 42.5 Å². The summed E-state index contributed by atoms with van der Waals surface area (Å²) in [6.45, 7) is 4.05. The standard InChI is InChI=1S/C16H20O3S/c1-12(13-6-3-2-4-7-13)16(17)10-14-8-5-9-15(11-16)20(14,18)19/h2-4,6-7,14-15,17H,1,5,8-11H2. The molecule has 3 rings (SSSR count). The predicted octanol–water partition coefficient (Wildman–Crippen LogP) is 2.56. The second-order valence-corrected chi connectivity index (χ2v) is 8.56. The van der Waals surface area contributed by atoms with Crippen LogP contribution in [0.5, 0.6) is 0 Å². The first kappa shape index (κ1) is 13.8. The lowest BCUT2D eigenvalue weighted by Crippen LogP contribution is -2.52. The Morgan fingerprint density at radius 3 is 2.25 bits per heavy atom. The fraction of sp³-hybridized carbons (Fsp3) is 0.500. The van der Waals surface area contributed by atoms with Gasteiger partial charge in [-0.1, -0.05) is 43.3 Å². The number of sulfone groups is 1. The molecule has 2 unspecified atom stereocenters. The van der Waals surface area contributed by atoms with Gasteiger partial charge in [0, 0.05) is 0 Å². The number of aliphatic hydroxyl groups is 1. The van der Waals surface area contributed by atoms with Gasteiger partial charge in [0.1, 0.15) is 0 Å². The molecule has 4 heteroatoms. The van der Waals surface area contributed by atoms with Crippen LogP contribution in [0.3, 0.4) is 0 Å². The lowest BCUT2D eigenvalue weighted by molar-refractivity contribution is 0.0668. The van der Waals surface area contributed by atoms with Gasteiger partial charge >= 0.3 is 0 Å². The molecular weight excluding hydrogens is 272 g/mol. The van der Waals surface area contributed by atoms with Crippen LogP contribution in [0.15, 0.2) is 36.9 Å². The van der Waals surface area contributed by atoms with Gasteiger partial charge in [-0.2, -0.15) is 0 Å². The smallest absolute Gasteiger partial charge is 0.156 e. The third-order valence-electron chi connectivity index (χ3n) is 4.80. The van der Waals surface area contributed by atoms with Crippen molar-refractivity contribution in [1.29, 1.82) is 0 Å². The number of fused-ring (bicyclic) bond motifs is 2. The normalized spacial score (nSPS) is 35.5. The van der Waals surface area contributed by atoms with Gasteiger partial charge < -0.3 is 5.11 Å². The van der Waals surface area contributed by atoms with Crippen molar-refractivity contribution in [2.75, 3.05) is 0 Å². The Morgan fingerprint density at radius 1 is 1.15 bits per heavy atom. The van der Waals surface area contributed by atoms with E-state index in [-0.39, 0.29) is 0 Å². The summed E-state index contributed by atoms with van der Waals surface area (Å²) < 4.78 is 24.6. The highest BCUT2D eigenvalue weighted by Crippen LogP contribution is 2.46. The first-order valence-electron chi connectivity index (χ1n) is 7.13. The Hall–Kier alpha value is -1.13. The van der Waals surface area contributed by atoms with Crippen molar-refractivity contribution < 1.29 is 13.5 Å². The highest BCUT2D eigenvalue weighted by Gasteiger charge is 2.51. The summed E-state index contributed by atoms with van der Waals surface area (Å²) in [6.07, 6.45) is 2.87. The van der Waals surface area contributed by atoms with Crippen molar-refractivity contribution in [1.82, 2.24) is 0 Å². The van der Waals surface area contributed by atoms with Gasteiger partial charge in [0.05, 0.1) is 16.1 Å². The molecule has 0 aliphatic carbocycles. The average Bonchev–Trinajstić information content (AvgIpc) is 2.41. The van der Waals surface area contributed by atoms with Crippen LogP contribution in [0.25, 0.3) is 5.57 Å². The van der Waals surface area contributed by atoms with Crippen LogP contribution >= 0.6 is 0 Å². The SMILES string of the molecule is C=C(c1ccccc1)C1(O)CC2CCCC(C1)S2(=O)=O. The van der Waals surface area contributed by atoms with Crippen LogP contribution in [0, 0.1) is 0 Å². The summed E-state index contributed by atoms with van der Waals surface area (Å²) in [5.74, 6) is 0. The van der Waals surface area contributed by atoms with Gasteiger partial charge in [-0.3, -0.25) is 0 Å². The maximum absolute atomic E-state index is 12.3. The average molecular weight is 292 g/mol. The minimum Gasteiger partial charge on any atom is -0.385 e. The quantitative estimate of drug-likeness (QED) is 0.911. The fourth-order valence-corrected chi connectivity index (χ4v) is 6.15. The molecule has 2 saturated heterocycles. The Bertz CT molecular complexity index is 598. The molecule has 108 valence electrons. The van der Waals surface area contributed by atoms with E-state index in [0.29, 0.717) is 31.3 Å². The predicted molar refractivity (Wildman–Crippen MR) is 80.0 cm³/mol. The highest BCUT2D eigenvalue weighted by atomic mass is 32.2. The maximum Gasteiger partial charge on any atom is 0.156 e. The van der Waals surface area contributed by atoms with Crippen LogP contribution in [0.4, 0.5) is 0 Å². The summed E-state index contributed by atoms with van der Waals surface area (Å²) in [5.41, 5.74) is 0.472. The van der Waals surface area contributed by atoms with Gasteiger partial charge in [-0.05, 0) is 36.8 Å². The van der Waals surface area contributed by atoms with Crippen LogP contribution in [-0.4, -0.2) is 29.6 Å². The minimum absolute atomic E-state index is 0.291. The monoisotopic (exact) mass is 292 g/mol. The molecule has 2 heterocycles. The molecule has 0 saturated carbocycles. The fourth-order valence-electron chi connectivity index (χ4n) is 3.60. The van der Waals surface area contributed by atoms with E-state index in [1.165, 1.54) is 0 Å². The Morgan fingerprint density at radius 2 is 1.70 bits per heavy atom. The second kappa shape index (κ2) is 4.71. The van der Waals surface area contributed by atoms with E-state index in [0.717, 1.165) is 12.0 Å². The molecule has 2 aliphatic heterocycles. The Balaban J connectivity index is 1.93. The van der Waals surface area contributed by atoms with Crippen molar-refractivity contribution in [3.63, 3.8) is 0 Å². The van der Waals surface area contributed by atoms with Crippen molar-refractivity contribution in [3.8, 4) is 0 Å². The molecule has 0 radical (unpaired) electrons. The summed E-state index contributed by atoms with van der Waals surface area (Å²) >= 11 is 0. The minimum atomic E-state index is -3.05. The number of benzene rings is 1. The summed E-state index contributed by atoms with van der Waals surface area (Å²) in [7, 11) is -3.05. The Labute approximate surface area is 120 Å². The molecule has 1 aromatic carbocycles. The zero-order chi connectivity index (χ0) is 14.4. The second-order valence-electron chi connectivity index (χ2n) is 6.05. The molecule has 1 N–H and O–H groups in total. The van der Waals surface area contributed by atoms with E-state index < -0.39 is 25.9 Å². The van der Waals surface area contributed by atoms with Gasteiger partial charge in [0.25, 0.3) is 0 Å². The van der Waals surface area contributed by atoms with E-state index in [2.05, 4.69) is 6.58 Å². The Kier molecular flexibility index (Phi) is 3.26. The van der Waals surface area contributed by atoms with Gasteiger partial charge in [0.2, 0.25) is 0 Å². The largest absolute Gasteiger partial charge is 0.385 e. The number of hydrogen-bond donors (Lipinski definition) is 1. The first-order chi connectivity index (χ1) is 9.43. The maximum atomic E-state index is 12.3. The van der Waals surface area contributed by atoms with Crippen LogP contribution in [-0.2, 0) is 9.84 Å². The zero-order valence-electron chi connectivity index (χ0n) is 11.5. The lowest BCUT2D eigenvalue weighted by Gasteiger charge is -2.44. The lowest BCUT2D eigenvalue weighted by atomic mass is 9.78. The summed E-state index contributed by atoms with van der Waals surface area (Å²) in [4.78, 5) is 0. The van der Waals surface area contributed by atoms with E-state index in [4.69, 9.17) is 0 Å². The highest BCUT2D eigenvalue weighted by molar-refractivity contribution is 7.92. The molecular formula is C16H20O3S. The van der Waals surface area contributed by atoms with Crippen LogP contribution in [0.2, 0.25) is 0 Å². The molecule has 1 aromatic rings. The molecule has 2 fully saturated rings. The number of rotatable bonds is 2. The van der Waals surface area contributed by atoms with E-state index in [1.807, 2.05) is 30.3 Å². The summed E-state index contributed by atoms with van der Waals surface area (Å²) in [5, 5.41) is 10.2. The molecule has 20 heavy (non-hydrogen) atoms. The van der Waals surface area contributed by atoms with Crippen molar-refractivity contribution in [2.45, 2.75) is 48.2 Å². The third kappa shape index (κ3) is 2.11. The van der Waals surface area contributed by atoms with Gasteiger partial charge in [-0.25, -0.2) is 8.42 Å². The van der Waals surface area contributed by atoms with Crippen molar-refractivity contribution in [2.24, 2.45) is 0 Å². The topological polar surface area (TPSA) is 54.4 Å². The van der Waals surface area contributed by atoms with E-state index >= 15 is 0 Å². The molecule has 2 aliphatic rings.